The molecule has 0 atom stereocenters. The van der Waals surface area contributed by atoms with Gasteiger partial charge in [0.15, 0.2) is 0 Å². The van der Waals surface area contributed by atoms with E-state index < -0.39 is 0 Å². The summed E-state index contributed by atoms with van der Waals surface area (Å²) < 4.78 is 6.08. The molecule has 0 aliphatic carbocycles. The SMILES string of the molecule is COc1cccc(Nc2ncccc2Br)c1. The molecule has 0 aliphatic heterocycles. The normalized spacial score (nSPS) is 9.88. The molecular formula is C12H11BrN2O. The molecule has 0 saturated carbocycles. The van der Waals surface area contributed by atoms with E-state index in [0.717, 1.165) is 21.7 Å². The lowest BCUT2D eigenvalue weighted by Gasteiger charge is -2.08. The summed E-state index contributed by atoms with van der Waals surface area (Å²) in [4.78, 5) is 4.23. The zero-order chi connectivity index (χ0) is 11.4. The van der Waals surface area contributed by atoms with Gasteiger partial charge in [0.05, 0.1) is 11.6 Å². The lowest BCUT2D eigenvalue weighted by Crippen LogP contribution is -1.94. The zero-order valence-corrected chi connectivity index (χ0v) is 10.4. The predicted molar refractivity (Wildman–Crippen MR) is 68.2 cm³/mol. The van der Waals surface area contributed by atoms with Crippen LogP contribution >= 0.6 is 15.9 Å². The number of ether oxygens (including phenoxy) is 1. The van der Waals surface area contributed by atoms with Crippen LogP contribution in [-0.4, -0.2) is 12.1 Å². The number of rotatable bonds is 3. The average Bonchev–Trinajstić information content (AvgIpc) is 2.32. The lowest BCUT2D eigenvalue weighted by molar-refractivity contribution is 0.415. The maximum atomic E-state index is 5.15. The lowest BCUT2D eigenvalue weighted by atomic mass is 10.3. The number of methoxy groups -OCH3 is 1. The Labute approximate surface area is 103 Å². The second-order valence-electron chi connectivity index (χ2n) is 3.19. The Bertz CT molecular complexity index is 488. The fraction of sp³-hybridized carbons (Fsp3) is 0.0833. The summed E-state index contributed by atoms with van der Waals surface area (Å²) >= 11 is 3.43. The maximum Gasteiger partial charge on any atom is 0.144 e. The van der Waals surface area contributed by atoms with E-state index in [4.69, 9.17) is 4.74 Å². The molecule has 0 fully saturated rings. The van der Waals surface area contributed by atoms with Crippen LogP contribution in [0.2, 0.25) is 0 Å². The summed E-state index contributed by atoms with van der Waals surface area (Å²) in [5, 5.41) is 3.21. The number of benzene rings is 1. The molecule has 3 nitrogen and oxygen atoms in total. The molecule has 0 aliphatic rings. The maximum absolute atomic E-state index is 5.15. The predicted octanol–water partition coefficient (Wildman–Crippen LogP) is 3.60. The third-order valence-electron chi connectivity index (χ3n) is 2.09. The highest BCUT2D eigenvalue weighted by Crippen LogP contribution is 2.24. The standard InChI is InChI=1S/C12H11BrN2O/c1-16-10-5-2-4-9(8-10)15-12-11(13)6-3-7-14-12/h2-8H,1H3,(H,14,15). The summed E-state index contributed by atoms with van der Waals surface area (Å²) in [7, 11) is 1.65. The van der Waals surface area contributed by atoms with Gasteiger partial charge in [-0.25, -0.2) is 4.98 Å². The molecule has 0 amide bonds. The van der Waals surface area contributed by atoms with Crippen molar-refractivity contribution in [3.8, 4) is 5.75 Å². The Balaban J connectivity index is 2.24. The van der Waals surface area contributed by atoms with Crippen LogP contribution in [0, 0.1) is 0 Å². The average molecular weight is 279 g/mol. The quantitative estimate of drug-likeness (QED) is 0.932. The Kier molecular flexibility index (Phi) is 3.41. The van der Waals surface area contributed by atoms with Crippen LogP contribution in [0.15, 0.2) is 47.1 Å². The molecule has 0 spiro atoms. The van der Waals surface area contributed by atoms with Crippen LogP contribution in [0.5, 0.6) is 5.75 Å². The van der Waals surface area contributed by atoms with E-state index in [1.807, 2.05) is 36.4 Å². The second-order valence-corrected chi connectivity index (χ2v) is 4.05. The minimum absolute atomic E-state index is 0.788. The number of anilines is 2. The van der Waals surface area contributed by atoms with Crippen molar-refractivity contribution in [1.82, 2.24) is 4.98 Å². The Morgan fingerprint density at radius 1 is 1.25 bits per heavy atom. The summed E-state index contributed by atoms with van der Waals surface area (Å²) in [5.74, 6) is 1.60. The van der Waals surface area contributed by atoms with Gasteiger partial charge < -0.3 is 10.1 Å². The summed E-state index contributed by atoms with van der Waals surface area (Å²) in [6.07, 6.45) is 1.74. The monoisotopic (exact) mass is 278 g/mol. The highest BCUT2D eigenvalue weighted by Gasteiger charge is 2.01. The van der Waals surface area contributed by atoms with Crippen LogP contribution in [0.3, 0.4) is 0 Å². The first kappa shape index (κ1) is 11.0. The number of hydrogen-bond acceptors (Lipinski definition) is 3. The van der Waals surface area contributed by atoms with E-state index in [0.29, 0.717) is 0 Å². The molecular weight excluding hydrogens is 268 g/mol. The Morgan fingerprint density at radius 3 is 2.88 bits per heavy atom. The number of nitrogens with zero attached hydrogens (tertiary/aromatic N) is 1. The number of hydrogen-bond donors (Lipinski definition) is 1. The van der Waals surface area contributed by atoms with E-state index in [9.17, 15) is 0 Å². The minimum Gasteiger partial charge on any atom is -0.497 e. The molecule has 0 bridgehead atoms. The van der Waals surface area contributed by atoms with E-state index in [-0.39, 0.29) is 0 Å². The van der Waals surface area contributed by atoms with Crippen molar-refractivity contribution in [2.45, 2.75) is 0 Å². The third-order valence-corrected chi connectivity index (χ3v) is 2.73. The van der Waals surface area contributed by atoms with Crippen molar-refractivity contribution in [2.75, 3.05) is 12.4 Å². The van der Waals surface area contributed by atoms with Crippen molar-refractivity contribution in [1.29, 1.82) is 0 Å². The van der Waals surface area contributed by atoms with Gasteiger partial charge in [-0.2, -0.15) is 0 Å². The van der Waals surface area contributed by atoms with E-state index in [2.05, 4.69) is 26.2 Å². The van der Waals surface area contributed by atoms with E-state index >= 15 is 0 Å². The number of halogens is 1. The minimum atomic E-state index is 0.788. The first-order valence-corrected chi connectivity index (χ1v) is 5.60. The van der Waals surface area contributed by atoms with Crippen molar-refractivity contribution in [3.63, 3.8) is 0 Å². The van der Waals surface area contributed by atoms with Gasteiger partial charge in [0, 0.05) is 18.0 Å². The molecule has 1 N–H and O–H groups in total. The van der Waals surface area contributed by atoms with E-state index in [1.165, 1.54) is 0 Å². The van der Waals surface area contributed by atoms with Crippen molar-refractivity contribution < 1.29 is 4.74 Å². The van der Waals surface area contributed by atoms with Crippen LogP contribution in [0.4, 0.5) is 11.5 Å². The van der Waals surface area contributed by atoms with E-state index in [1.54, 1.807) is 13.3 Å². The highest BCUT2D eigenvalue weighted by atomic mass is 79.9. The zero-order valence-electron chi connectivity index (χ0n) is 8.77. The first-order chi connectivity index (χ1) is 7.79. The molecule has 1 aromatic carbocycles. The second kappa shape index (κ2) is 4.99. The Morgan fingerprint density at radius 2 is 2.12 bits per heavy atom. The molecule has 2 rings (SSSR count). The van der Waals surface area contributed by atoms with Gasteiger partial charge in [0.1, 0.15) is 11.6 Å². The molecule has 16 heavy (non-hydrogen) atoms. The molecule has 2 aromatic rings. The van der Waals surface area contributed by atoms with Gasteiger partial charge in [0.2, 0.25) is 0 Å². The fourth-order valence-electron chi connectivity index (χ4n) is 1.32. The molecule has 4 heteroatoms. The largest absolute Gasteiger partial charge is 0.497 e. The van der Waals surface area contributed by atoms with Crippen molar-refractivity contribution in [3.05, 3.63) is 47.1 Å². The van der Waals surface area contributed by atoms with Gasteiger partial charge in [-0.3, -0.25) is 0 Å². The molecule has 1 aromatic heterocycles. The van der Waals surface area contributed by atoms with Crippen LogP contribution in [0.1, 0.15) is 0 Å². The van der Waals surface area contributed by atoms with Gasteiger partial charge in [-0.05, 0) is 40.2 Å². The smallest absolute Gasteiger partial charge is 0.144 e. The topological polar surface area (TPSA) is 34.1 Å². The third kappa shape index (κ3) is 2.52. The summed E-state index contributed by atoms with van der Waals surface area (Å²) in [6.45, 7) is 0. The fourth-order valence-corrected chi connectivity index (χ4v) is 1.67. The number of aromatic nitrogens is 1. The summed E-state index contributed by atoms with van der Waals surface area (Å²) in [5.41, 5.74) is 0.943. The highest BCUT2D eigenvalue weighted by molar-refractivity contribution is 9.10. The molecule has 0 unspecified atom stereocenters. The number of pyridine rings is 1. The van der Waals surface area contributed by atoms with Crippen LogP contribution in [-0.2, 0) is 0 Å². The Hall–Kier alpha value is -1.55. The summed E-state index contributed by atoms with van der Waals surface area (Å²) in [6, 6.07) is 11.5. The molecule has 1 heterocycles. The molecule has 0 saturated heterocycles. The van der Waals surface area contributed by atoms with Crippen LogP contribution < -0.4 is 10.1 Å². The van der Waals surface area contributed by atoms with Gasteiger partial charge >= 0.3 is 0 Å². The number of nitrogens with one attached hydrogen (secondary N) is 1. The first-order valence-electron chi connectivity index (χ1n) is 4.81. The van der Waals surface area contributed by atoms with Gasteiger partial charge in [0.25, 0.3) is 0 Å². The molecule has 82 valence electrons. The van der Waals surface area contributed by atoms with Crippen molar-refractivity contribution >= 4 is 27.4 Å². The van der Waals surface area contributed by atoms with Crippen LogP contribution in [0.25, 0.3) is 0 Å². The van der Waals surface area contributed by atoms with Crippen molar-refractivity contribution in [2.24, 2.45) is 0 Å². The molecule has 0 radical (unpaired) electrons. The van der Waals surface area contributed by atoms with Gasteiger partial charge in [-0.1, -0.05) is 6.07 Å². The van der Waals surface area contributed by atoms with Gasteiger partial charge in [-0.15, -0.1) is 0 Å².